The van der Waals surface area contributed by atoms with Crippen LogP contribution in [0.5, 0.6) is 0 Å². The van der Waals surface area contributed by atoms with Gasteiger partial charge < -0.3 is 10.2 Å². The van der Waals surface area contributed by atoms with E-state index in [1.54, 1.807) is 17.0 Å². The van der Waals surface area contributed by atoms with Gasteiger partial charge in [-0.3, -0.25) is 14.6 Å². The van der Waals surface area contributed by atoms with Gasteiger partial charge in [0.05, 0.1) is 28.9 Å². The number of nitrogens with zero attached hydrogens (tertiary/aromatic N) is 2. The maximum atomic E-state index is 13.6. The molecule has 1 unspecified atom stereocenters. The summed E-state index contributed by atoms with van der Waals surface area (Å²) >= 11 is 0. The third kappa shape index (κ3) is 5.65. The first kappa shape index (κ1) is 26.7. The van der Waals surface area contributed by atoms with Crippen molar-refractivity contribution in [1.82, 2.24) is 5.32 Å². The van der Waals surface area contributed by atoms with Crippen LogP contribution in [0.4, 0.5) is 32.0 Å². The Morgan fingerprint density at radius 2 is 1.76 bits per heavy atom. The third-order valence-electron chi connectivity index (χ3n) is 6.57. The van der Waals surface area contributed by atoms with Crippen LogP contribution in [0.3, 0.4) is 0 Å². The van der Waals surface area contributed by atoms with Crippen molar-refractivity contribution in [3.8, 4) is 0 Å². The SMILES string of the molecule is CCC(C)N1C(=O)[C@@H](NC(=O)Cc2ccc(C(F)(F)F)cc2C(F)(F)F)N=C(C2CC2)c2ccccc21. The van der Waals surface area contributed by atoms with Crippen LogP contribution in [-0.2, 0) is 28.4 Å². The molecule has 37 heavy (non-hydrogen) atoms. The first-order valence-corrected chi connectivity index (χ1v) is 11.9. The van der Waals surface area contributed by atoms with Crippen LogP contribution in [0.25, 0.3) is 0 Å². The number of hydrogen-bond acceptors (Lipinski definition) is 3. The van der Waals surface area contributed by atoms with E-state index in [9.17, 15) is 35.9 Å². The minimum Gasteiger partial charge on any atom is -0.326 e. The Labute approximate surface area is 209 Å². The number of rotatable bonds is 6. The molecule has 0 aromatic heterocycles. The largest absolute Gasteiger partial charge is 0.416 e. The maximum Gasteiger partial charge on any atom is 0.416 e. The van der Waals surface area contributed by atoms with E-state index < -0.39 is 53.4 Å². The summed E-state index contributed by atoms with van der Waals surface area (Å²) in [7, 11) is 0. The standard InChI is InChI=1S/C26H25F6N3O2/c1-3-14(2)35-20-7-5-4-6-18(20)22(15-8-9-15)34-23(24(35)37)33-21(36)12-16-10-11-17(25(27,28)29)13-19(16)26(30,31)32/h4-7,10-11,13-15,23H,3,8-9,12H2,1-2H3,(H,33,36)/t14?,23-/m0/s1. The minimum atomic E-state index is -5.11. The van der Waals surface area contributed by atoms with E-state index in [0.29, 0.717) is 30.0 Å². The predicted molar refractivity (Wildman–Crippen MR) is 125 cm³/mol. The number of amides is 2. The van der Waals surface area contributed by atoms with Crippen molar-refractivity contribution in [2.75, 3.05) is 4.90 Å². The highest BCUT2D eigenvalue weighted by atomic mass is 19.4. The zero-order valence-corrected chi connectivity index (χ0v) is 20.1. The molecule has 0 radical (unpaired) electrons. The van der Waals surface area contributed by atoms with Crippen molar-refractivity contribution in [2.24, 2.45) is 10.9 Å². The van der Waals surface area contributed by atoms with Gasteiger partial charge in [0.2, 0.25) is 12.1 Å². The topological polar surface area (TPSA) is 61.8 Å². The molecule has 1 fully saturated rings. The summed E-state index contributed by atoms with van der Waals surface area (Å²) in [6.45, 7) is 3.73. The summed E-state index contributed by atoms with van der Waals surface area (Å²) in [4.78, 5) is 32.5. The maximum absolute atomic E-state index is 13.6. The summed E-state index contributed by atoms with van der Waals surface area (Å²) in [6.07, 6.45) is -10.0. The van der Waals surface area contributed by atoms with Crippen molar-refractivity contribution in [1.29, 1.82) is 0 Å². The molecule has 1 heterocycles. The van der Waals surface area contributed by atoms with Crippen molar-refractivity contribution in [3.05, 3.63) is 64.7 Å². The number of fused-ring (bicyclic) bond motifs is 1. The lowest BCUT2D eigenvalue weighted by Gasteiger charge is -2.30. The molecule has 0 bridgehead atoms. The van der Waals surface area contributed by atoms with E-state index in [0.717, 1.165) is 18.4 Å². The van der Waals surface area contributed by atoms with Gasteiger partial charge in [-0.25, -0.2) is 0 Å². The second-order valence-corrected chi connectivity index (χ2v) is 9.29. The number of alkyl halides is 6. The van der Waals surface area contributed by atoms with Crippen molar-refractivity contribution in [2.45, 2.75) is 64.1 Å². The monoisotopic (exact) mass is 525 g/mol. The second-order valence-electron chi connectivity index (χ2n) is 9.29. The van der Waals surface area contributed by atoms with E-state index in [1.165, 1.54) is 0 Å². The molecule has 2 aliphatic rings. The average molecular weight is 525 g/mol. The highest BCUT2D eigenvalue weighted by Gasteiger charge is 2.40. The molecule has 2 aromatic rings. The Morgan fingerprint density at radius 3 is 2.35 bits per heavy atom. The number of aliphatic imine (C=N–C) groups is 1. The van der Waals surface area contributed by atoms with E-state index in [2.05, 4.69) is 10.3 Å². The fraction of sp³-hybridized carbons (Fsp3) is 0.423. The number of benzodiazepines with no additional fused rings is 1. The number of benzene rings is 2. The summed E-state index contributed by atoms with van der Waals surface area (Å²) in [5.41, 5.74) is -1.61. The van der Waals surface area contributed by atoms with Crippen LogP contribution >= 0.6 is 0 Å². The van der Waals surface area contributed by atoms with Crippen LogP contribution < -0.4 is 10.2 Å². The number of para-hydroxylation sites is 1. The van der Waals surface area contributed by atoms with Gasteiger partial charge in [0.15, 0.2) is 0 Å². The van der Waals surface area contributed by atoms with Crippen LogP contribution in [0.1, 0.15) is 55.4 Å². The first-order chi connectivity index (χ1) is 17.3. The Hall–Kier alpha value is -3.37. The molecule has 1 saturated carbocycles. The number of carbonyl (C=O) groups excluding carboxylic acids is 2. The Balaban J connectivity index is 1.66. The predicted octanol–water partition coefficient (Wildman–Crippen LogP) is 5.75. The van der Waals surface area contributed by atoms with E-state index in [4.69, 9.17) is 0 Å². The van der Waals surface area contributed by atoms with Crippen LogP contribution in [-0.4, -0.2) is 29.7 Å². The lowest BCUT2D eigenvalue weighted by Crippen LogP contribution is -2.50. The zero-order chi connectivity index (χ0) is 27.1. The lowest BCUT2D eigenvalue weighted by molar-refractivity contribution is -0.143. The molecule has 5 nitrogen and oxygen atoms in total. The molecule has 2 aromatic carbocycles. The molecule has 2 atom stereocenters. The summed E-state index contributed by atoms with van der Waals surface area (Å²) in [6, 6.07) is 8.11. The van der Waals surface area contributed by atoms with Gasteiger partial charge in [-0.2, -0.15) is 26.3 Å². The van der Waals surface area contributed by atoms with Gasteiger partial charge in [-0.1, -0.05) is 31.2 Å². The Morgan fingerprint density at radius 1 is 1.08 bits per heavy atom. The Kier molecular flexibility index (Phi) is 7.09. The van der Waals surface area contributed by atoms with Crippen LogP contribution in [0, 0.1) is 5.92 Å². The third-order valence-corrected chi connectivity index (χ3v) is 6.57. The molecule has 1 aliphatic carbocycles. The number of halogens is 6. The number of nitrogens with one attached hydrogen (secondary N) is 1. The highest BCUT2D eigenvalue weighted by molar-refractivity contribution is 6.14. The average Bonchev–Trinajstić information content (AvgIpc) is 3.66. The molecule has 4 rings (SSSR count). The fourth-order valence-corrected chi connectivity index (χ4v) is 4.38. The van der Waals surface area contributed by atoms with E-state index in [1.807, 2.05) is 26.0 Å². The molecule has 1 N–H and O–H groups in total. The van der Waals surface area contributed by atoms with Gasteiger partial charge in [0, 0.05) is 17.5 Å². The molecule has 11 heteroatoms. The first-order valence-electron chi connectivity index (χ1n) is 11.9. The molecular weight excluding hydrogens is 500 g/mol. The molecule has 0 saturated heterocycles. The van der Waals surface area contributed by atoms with Gasteiger partial charge in [0.1, 0.15) is 0 Å². The van der Waals surface area contributed by atoms with Crippen molar-refractivity contribution >= 4 is 23.2 Å². The van der Waals surface area contributed by atoms with Crippen molar-refractivity contribution in [3.63, 3.8) is 0 Å². The van der Waals surface area contributed by atoms with Gasteiger partial charge in [0.25, 0.3) is 5.91 Å². The molecule has 0 spiro atoms. The van der Waals surface area contributed by atoms with Crippen LogP contribution in [0.2, 0.25) is 0 Å². The van der Waals surface area contributed by atoms with Gasteiger partial charge in [-0.15, -0.1) is 0 Å². The summed E-state index contributed by atoms with van der Waals surface area (Å²) < 4.78 is 79.6. The molecule has 2 amide bonds. The summed E-state index contributed by atoms with van der Waals surface area (Å²) in [5, 5.41) is 2.43. The molecule has 198 valence electrons. The number of carbonyl (C=O) groups is 2. The highest BCUT2D eigenvalue weighted by Crippen LogP contribution is 2.39. The quantitative estimate of drug-likeness (QED) is 0.488. The second kappa shape index (κ2) is 9.83. The number of hydrogen-bond donors (Lipinski definition) is 1. The minimum absolute atomic E-state index is 0.00985. The van der Waals surface area contributed by atoms with E-state index >= 15 is 0 Å². The molecular formula is C26H25F6N3O2. The lowest BCUT2D eigenvalue weighted by atomic mass is 10.00. The van der Waals surface area contributed by atoms with Crippen molar-refractivity contribution < 1.29 is 35.9 Å². The smallest absolute Gasteiger partial charge is 0.326 e. The fourth-order valence-electron chi connectivity index (χ4n) is 4.38. The normalized spacial score (nSPS) is 19.1. The van der Waals surface area contributed by atoms with Crippen LogP contribution in [0.15, 0.2) is 47.5 Å². The molecule has 1 aliphatic heterocycles. The number of anilines is 1. The van der Waals surface area contributed by atoms with Gasteiger partial charge in [-0.05, 0) is 49.9 Å². The Bertz CT molecular complexity index is 1230. The van der Waals surface area contributed by atoms with Gasteiger partial charge >= 0.3 is 12.4 Å². The zero-order valence-electron chi connectivity index (χ0n) is 20.1. The summed E-state index contributed by atoms with van der Waals surface area (Å²) in [5.74, 6) is -1.40. The van der Waals surface area contributed by atoms with E-state index in [-0.39, 0.29) is 18.0 Å².